The van der Waals surface area contributed by atoms with E-state index < -0.39 is 4.92 Å². The second kappa shape index (κ2) is 9.65. The van der Waals surface area contributed by atoms with E-state index in [4.69, 9.17) is 16.1 Å². The molecule has 1 aliphatic heterocycles. The van der Waals surface area contributed by atoms with Gasteiger partial charge in [-0.2, -0.15) is 4.98 Å². The molecule has 1 saturated heterocycles. The smallest absolute Gasteiger partial charge is 0.294 e. The van der Waals surface area contributed by atoms with Crippen LogP contribution in [-0.4, -0.2) is 66.5 Å². The summed E-state index contributed by atoms with van der Waals surface area (Å²) in [5, 5.41) is 16.3. The quantitative estimate of drug-likeness (QED) is 0.295. The van der Waals surface area contributed by atoms with Gasteiger partial charge in [0.1, 0.15) is 5.69 Å². The summed E-state index contributed by atoms with van der Waals surface area (Å²) in [4.78, 5) is 36.3. The van der Waals surface area contributed by atoms with Gasteiger partial charge in [-0.3, -0.25) is 19.8 Å². The number of carbonyl (C=O) groups excluding carboxylic acids is 1. The van der Waals surface area contributed by atoms with Crippen molar-refractivity contribution in [2.45, 2.75) is 6.54 Å². The van der Waals surface area contributed by atoms with Crippen molar-refractivity contribution in [1.29, 1.82) is 0 Å². The van der Waals surface area contributed by atoms with Gasteiger partial charge in [0, 0.05) is 60.8 Å². The first kappa shape index (κ1) is 22.7. The maximum Gasteiger partial charge on any atom is 0.294 e. The largest absolute Gasteiger partial charge is 0.338 e. The van der Waals surface area contributed by atoms with E-state index in [0.29, 0.717) is 55.1 Å². The zero-order valence-electron chi connectivity index (χ0n) is 18.5. The van der Waals surface area contributed by atoms with Gasteiger partial charge in [0.2, 0.25) is 11.7 Å². The first-order valence-electron chi connectivity index (χ1n) is 10.8. The van der Waals surface area contributed by atoms with Crippen LogP contribution in [-0.2, 0) is 6.54 Å². The highest BCUT2D eigenvalue weighted by Gasteiger charge is 2.26. The zero-order chi connectivity index (χ0) is 24.4. The molecular weight excluding hydrogens is 474 g/mol. The maximum atomic E-state index is 13.0. The number of nitro groups is 1. The topological polar surface area (TPSA) is 123 Å². The minimum absolute atomic E-state index is 0.152. The standard InChI is InChI=1S/C23H20ClN7O4/c24-18-4-1-16(2-5-18)22-26-21(35-27-22)14-28-9-11-29(12-10-28)23(32)17-3-6-19(20(13-17)31(33)34)30-8-7-25-15-30/h1-8,13,15H,9-12,14H2. The van der Waals surface area contributed by atoms with E-state index >= 15 is 0 Å². The van der Waals surface area contributed by atoms with Crippen LogP contribution >= 0.6 is 11.6 Å². The summed E-state index contributed by atoms with van der Waals surface area (Å²) in [6.07, 6.45) is 4.63. The molecule has 0 aliphatic carbocycles. The lowest BCUT2D eigenvalue weighted by Gasteiger charge is -2.34. The molecule has 12 heteroatoms. The fourth-order valence-electron chi connectivity index (χ4n) is 3.94. The van der Waals surface area contributed by atoms with E-state index in [2.05, 4.69) is 20.0 Å². The Labute approximate surface area is 204 Å². The molecule has 0 N–H and O–H groups in total. The minimum atomic E-state index is -0.493. The van der Waals surface area contributed by atoms with Gasteiger partial charge in [0.25, 0.3) is 11.6 Å². The first-order valence-corrected chi connectivity index (χ1v) is 11.2. The van der Waals surface area contributed by atoms with Crippen LogP contribution in [0.3, 0.4) is 0 Å². The number of nitrogens with zero attached hydrogens (tertiary/aromatic N) is 7. The molecule has 2 aromatic carbocycles. The number of hydrogen-bond acceptors (Lipinski definition) is 8. The molecule has 1 fully saturated rings. The van der Waals surface area contributed by atoms with Gasteiger partial charge < -0.3 is 14.0 Å². The number of rotatable bonds is 6. The van der Waals surface area contributed by atoms with E-state index in [1.165, 1.54) is 18.6 Å². The normalized spacial score (nSPS) is 14.3. The molecular formula is C23H20ClN7O4. The van der Waals surface area contributed by atoms with E-state index in [1.807, 2.05) is 12.1 Å². The van der Waals surface area contributed by atoms with E-state index in [-0.39, 0.29) is 17.2 Å². The SMILES string of the molecule is O=C(c1ccc(-n2ccnc2)c([N+](=O)[O-])c1)N1CCN(Cc2nc(-c3ccc(Cl)cc3)no2)CC1. The molecule has 11 nitrogen and oxygen atoms in total. The molecule has 0 spiro atoms. The number of piperazine rings is 1. The monoisotopic (exact) mass is 493 g/mol. The molecule has 5 rings (SSSR count). The number of halogens is 1. The molecule has 0 saturated carbocycles. The number of carbonyl (C=O) groups is 1. The van der Waals surface area contributed by atoms with Crippen molar-refractivity contribution in [2.75, 3.05) is 26.2 Å². The van der Waals surface area contributed by atoms with Crippen LogP contribution in [0.5, 0.6) is 0 Å². The van der Waals surface area contributed by atoms with Crippen molar-refractivity contribution in [3.05, 3.63) is 87.8 Å². The summed E-state index contributed by atoms with van der Waals surface area (Å²) in [6.45, 7) is 2.65. The number of aromatic nitrogens is 4. The Balaban J connectivity index is 1.21. The van der Waals surface area contributed by atoms with Crippen LogP contribution in [0.1, 0.15) is 16.2 Å². The third kappa shape index (κ3) is 4.91. The number of hydrogen-bond donors (Lipinski definition) is 0. The van der Waals surface area contributed by atoms with Crippen LogP contribution in [0.2, 0.25) is 5.02 Å². The van der Waals surface area contributed by atoms with Crippen LogP contribution in [0.4, 0.5) is 5.69 Å². The van der Waals surface area contributed by atoms with E-state index in [9.17, 15) is 14.9 Å². The maximum absolute atomic E-state index is 13.0. The van der Waals surface area contributed by atoms with Crippen molar-refractivity contribution in [2.24, 2.45) is 0 Å². The average molecular weight is 494 g/mol. The lowest BCUT2D eigenvalue weighted by molar-refractivity contribution is -0.384. The Morgan fingerprint density at radius 3 is 2.57 bits per heavy atom. The summed E-state index contributed by atoms with van der Waals surface area (Å²) in [5.74, 6) is 0.736. The second-order valence-corrected chi connectivity index (χ2v) is 8.45. The van der Waals surface area contributed by atoms with Crippen molar-refractivity contribution in [3.63, 3.8) is 0 Å². The first-order chi connectivity index (χ1) is 17.0. The molecule has 2 aromatic heterocycles. The van der Waals surface area contributed by atoms with Crippen LogP contribution < -0.4 is 0 Å². The van der Waals surface area contributed by atoms with Crippen molar-refractivity contribution in [3.8, 4) is 17.1 Å². The van der Waals surface area contributed by atoms with Crippen LogP contribution in [0.15, 0.2) is 65.7 Å². The van der Waals surface area contributed by atoms with Gasteiger partial charge in [-0.15, -0.1) is 0 Å². The van der Waals surface area contributed by atoms with E-state index in [0.717, 1.165) is 5.56 Å². The number of benzene rings is 2. The molecule has 4 aromatic rings. The van der Waals surface area contributed by atoms with Gasteiger partial charge in [0.15, 0.2) is 0 Å². The number of amides is 1. The molecule has 178 valence electrons. The summed E-state index contributed by atoms with van der Waals surface area (Å²) in [6, 6.07) is 11.7. The molecule has 1 amide bonds. The summed E-state index contributed by atoms with van der Waals surface area (Å²) >= 11 is 5.92. The molecule has 0 atom stereocenters. The molecule has 35 heavy (non-hydrogen) atoms. The van der Waals surface area contributed by atoms with Crippen molar-refractivity contribution in [1.82, 2.24) is 29.5 Å². The van der Waals surface area contributed by atoms with Gasteiger partial charge in [-0.05, 0) is 36.4 Å². The third-order valence-electron chi connectivity index (χ3n) is 5.79. The Morgan fingerprint density at radius 2 is 1.89 bits per heavy atom. The highest BCUT2D eigenvalue weighted by Crippen LogP contribution is 2.25. The molecule has 1 aliphatic rings. The predicted octanol–water partition coefficient (Wildman–Crippen LogP) is 3.44. The predicted molar refractivity (Wildman–Crippen MR) is 126 cm³/mol. The third-order valence-corrected chi connectivity index (χ3v) is 6.04. The molecule has 3 heterocycles. The average Bonchev–Trinajstić information content (AvgIpc) is 3.57. The second-order valence-electron chi connectivity index (χ2n) is 8.02. The molecule has 0 unspecified atom stereocenters. The number of nitro benzene ring substituents is 1. The Kier molecular flexibility index (Phi) is 6.25. The molecule has 0 bridgehead atoms. The highest BCUT2D eigenvalue weighted by atomic mass is 35.5. The summed E-state index contributed by atoms with van der Waals surface area (Å²) in [5.41, 5.74) is 1.29. The minimum Gasteiger partial charge on any atom is -0.338 e. The lowest BCUT2D eigenvalue weighted by atomic mass is 10.1. The number of imidazole rings is 1. The summed E-state index contributed by atoms with van der Waals surface area (Å²) in [7, 11) is 0. The zero-order valence-corrected chi connectivity index (χ0v) is 19.2. The van der Waals surface area contributed by atoms with Crippen LogP contribution in [0.25, 0.3) is 17.1 Å². The van der Waals surface area contributed by atoms with Gasteiger partial charge >= 0.3 is 0 Å². The van der Waals surface area contributed by atoms with E-state index in [1.54, 1.807) is 39.9 Å². The van der Waals surface area contributed by atoms with Crippen LogP contribution in [0, 0.1) is 10.1 Å². The Bertz CT molecular complexity index is 1350. The van der Waals surface area contributed by atoms with Crippen molar-refractivity contribution >= 4 is 23.2 Å². The summed E-state index contributed by atoms with van der Waals surface area (Å²) < 4.78 is 6.93. The van der Waals surface area contributed by atoms with Gasteiger partial charge in [-0.1, -0.05) is 16.8 Å². The van der Waals surface area contributed by atoms with Gasteiger partial charge in [0.05, 0.1) is 17.8 Å². The fraction of sp³-hybridized carbons (Fsp3) is 0.217. The van der Waals surface area contributed by atoms with Crippen molar-refractivity contribution < 1.29 is 14.2 Å². The Morgan fingerprint density at radius 1 is 1.11 bits per heavy atom. The lowest BCUT2D eigenvalue weighted by Crippen LogP contribution is -2.48. The van der Waals surface area contributed by atoms with Gasteiger partial charge in [-0.25, -0.2) is 4.98 Å². The highest BCUT2D eigenvalue weighted by molar-refractivity contribution is 6.30. The Hall–Kier alpha value is -4.09. The molecule has 0 radical (unpaired) electrons. The fourth-order valence-corrected chi connectivity index (χ4v) is 4.07.